The van der Waals surface area contributed by atoms with Crippen LogP contribution in [0, 0.1) is 0 Å². The van der Waals surface area contributed by atoms with Crippen molar-refractivity contribution in [3.05, 3.63) is 12.7 Å². The molecule has 0 aliphatic carbocycles. The first kappa shape index (κ1) is 8.23. The molecule has 0 spiro atoms. The molecule has 3 heteroatoms. The fraction of sp³-hybridized carbons (Fsp3) is 0.778. The van der Waals surface area contributed by atoms with E-state index in [1.807, 2.05) is 6.92 Å². The van der Waals surface area contributed by atoms with Gasteiger partial charge in [0.2, 0.25) is 0 Å². The fourth-order valence-corrected chi connectivity index (χ4v) is 2.05. The summed E-state index contributed by atoms with van der Waals surface area (Å²) in [6.45, 7) is 6.20. The monoisotopic (exact) mass is 170 g/mol. The Bertz CT molecular complexity index is 216. The first-order chi connectivity index (χ1) is 5.60. The number of hydrogen-bond acceptors (Lipinski definition) is 3. The molecule has 12 heavy (non-hydrogen) atoms. The zero-order valence-corrected chi connectivity index (χ0v) is 7.25. The van der Waals surface area contributed by atoms with Crippen molar-refractivity contribution >= 4 is 0 Å². The van der Waals surface area contributed by atoms with Gasteiger partial charge in [0, 0.05) is 12.8 Å². The lowest BCUT2D eigenvalue weighted by molar-refractivity contribution is -0.270. The number of ether oxygens (including phenoxy) is 2. The van der Waals surface area contributed by atoms with Gasteiger partial charge in [-0.05, 0) is 6.92 Å². The van der Waals surface area contributed by atoms with Crippen molar-refractivity contribution in [1.82, 2.24) is 0 Å². The van der Waals surface area contributed by atoms with E-state index in [2.05, 4.69) is 6.58 Å². The van der Waals surface area contributed by atoms with Gasteiger partial charge in [-0.15, -0.1) is 6.58 Å². The summed E-state index contributed by atoms with van der Waals surface area (Å²) >= 11 is 0. The largest absolute Gasteiger partial charge is 0.390 e. The molecule has 0 radical (unpaired) electrons. The van der Waals surface area contributed by atoms with E-state index >= 15 is 0 Å². The third kappa shape index (κ3) is 0.937. The highest BCUT2D eigenvalue weighted by molar-refractivity contribution is 5.10. The SMILES string of the molecule is C=CC12CCOC(C)(CC1O)O2. The van der Waals surface area contributed by atoms with Gasteiger partial charge >= 0.3 is 0 Å². The quantitative estimate of drug-likeness (QED) is 0.592. The smallest absolute Gasteiger partial charge is 0.169 e. The van der Waals surface area contributed by atoms with Gasteiger partial charge in [-0.3, -0.25) is 0 Å². The molecule has 0 aromatic heterocycles. The number of rotatable bonds is 1. The molecule has 3 atom stereocenters. The Kier molecular flexibility index (Phi) is 1.59. The molecular formula is C9H14O3. The third-order valence-corrected chi connectivity index (χ3v) is 2.78. The zero-order chi connectivity index (χ0) is 8.82. The van der Waals surface area contributed by atoms with Gasteiger partial charge < -0.3 is 14.6 Å². The topological polar surface area (TPSA) is 38.7 Å². The molecule has 2 rings (SSSR count). The van der Waals surface area contributed by atoms with Crippen LogP contribution in [0.15, 0.2) is 12.7 Å². The minimum Gasteiger partial charge on any atom is -0.390 e. The second-order valence-electron chi connectivity index (χ2n) is 3.71. The molecule has 3 unspecified atom stereocenters. The summed E-state index contributed by atoms with van der Waals surface area (Å²) in [6.07, 6.45) is 2.47. The number of aliphatic hydroxyl groups excluding tert-OH is 1. The second-order valence-corrected chi connectivity index (χ2v) is 3.71. The van der Waals surface area contributed by atoms with Gasteiger partial charge in [0.05, 0.1) is 12.7 Å². The first-order valence-corrected chi connectivity index (χ1v) is 4.26. The maximum Gasteiger partial charge on any atom is 0.169 e. The van der Waals surface area contributed by atoms with Crippen LogP contribution < -0.4 is 0 Å². The highest BCUT2D eigenvalue weighted by Gasteiger charge is 2.55. The molecule has 1 N–H and O–H groups in total. The fourth-order valence-electron chi connectivity index (χ4n) is 2.05. The van der Waals surface area contributed by atoms with Crippen LogP contribution in [0.2, 0.25) is 0 Å². The summed E-state index contributed by atoms with van der Waals surface area (Å²) in [5.41, 5.74) is -0.549. The minimum absolute atomic E-state index is 0.470. The second kappa shape index (κ2) is 2.31. The van der Waals surface area contributed by atoms with Crippen LogP contribution >= 0.6 is 0 Å². The van der Waals surface area contributed by atoms with E-state index in [9.17, 15) is 5.11 Å². The van der Waals surface area contributed by atoms with Gasteiger partial charge in [-0.2, -0.15) is 0 Å². The van der Waals surface area contributed by atoms with Gasteiger partial charge in [0.1, 0.15) is 5.60 Å². The van der Waals surface area contributed by atoms with Crippen LogP contribution in [0.4, 0.5) is 0 Å². The Morgan fingerprint density at radius 3 is 3.00 bits per heavy atom. The average molecular weight is 170 g/mol. The van der Waals surface area contributed by atoms with Crippen LogP contribution in [0.5, 0.6) is 0 Å². The molecule has 2 aliphatic rings. The van der Waals surface area contributed by atoms with Crippen LogP contribution in [-0.2, 0) is 9.47 Å². The Morgan fingerprint density at radius 2 is 2.42 bits per heavy atom. The van der Waals surface area contributed by atoms with E-state index in [-0.39, 0.29) is 0 Å². The molecule has 2 heterocycles. The summed E-state index contributed by atoms with van der Waals surface area (Å²) < 4.78 is 11.1. The Labute approximate surface area is 72.0 Å². The van der Waals surface area contributed by atoms with Crippen molar-refractivity contribution in [2.45, 2.75) is 37.3 Å². The van der Waals surface area contributed by atoms with E-state index in [4.69, 9.17) is 9.47 Å². The summed E-state index contributed by atoms with van der Waals surface area (Å²) in [4.78, 5) is 0. The third-order valence-electron chi connectivity index (χ3n) is 2.78. The first-order valence-electron chi connectivity index (χ1n) is 4.26. The highest BCUT2D eigenvalue weighted by Crippen LogP contribution is 2.45. The highest BCUT2D eigenvalue weighted by atomic mass is 16.7. The Hall–Kier alpha value is -0.380. The number of hydrogen-bond donors (Lipinski definition) is 1. The Morgan fingerprint density at radius 1 is 1.67 bits per heavy atom. The number of aliphatic hydroxyl groups is 1. The van der Waals surface area contributed by atoms with Crippen molar-refractivity contribution in [1.29, 1.82) is 0 Å². The average Bonchev–Trinajstić information content (AvgIpc) is 2.19. The van der Waals surface area contributed by atoms with Crippen LogP contribution in [0.1, 0.15) is 19.8 Å². The van der Waals surface area contributed by atoms with Gasteiger partial charge in [0.15, 0.2) is 5.79 Å². The molecule has 68 valence electrons. The lowest BCUT2D eigenvalue weighted by Crippen LogP contribution is -2.44. The Balaban J connectivity index is 2.31. The zero-order valence-electron chi connectivity index (χ0n) is 7.25. The molecule has 0 aromatic rings. The van der Waals surface area contributed by atoms with E-state index < -0.39 is 17.5 Å². The molecular weight excluding hydrogens is 156 g/mol. The molecule has 2 saturated heterocycles. The van der Waals surface area contributed by atoms with E-state index in [0.717, 1.165) is 0 Å². The predicted octanol–water partition coefficient (Wildman–Crippen LogP) is 0.829. The molecule has 0 aromatic carbocycles. The van der Waals surface area contributed by atoms with Gasteiger partial charge in [-0.25, -0.2) is 0 Å². The summed E-state index contributed by atoms with van der Waals surface area (Å²) in [7, 11) is 0. The van der Waals surface area contributed by atoms with E-state index in [1.54, 1.807) is 6.08 Å². The van der Waals surface area contributed by atoms with E-state index in [0.29, 0.717) is 19.4 Å². The van der Waals surface area contributed by atoms with Crippen molar-refractivity contribution in [2.75, 3.05) is 6.61 Å². The molecule has 0 amide bonds. The van der Waals surface area contributed by atoms with Crippen molar-refractivity contribution in [3.8, 4) is 0 Å². The van der Waals surface area contributed by atoms with Gasteiger partial charge in [-0.1, -0.05) is 6.08 Å². The van der Waals surface area contributed by atoms with Crippen LogP contribution in [0.3, 0.4) is 0 Å². The molecule has 2 bridgehead atoms. The molecule has 0 saturated carbocycles. The molecule has 3 nitrogen and oxygen atoms in total. The van der Waals surface area contributed by atoms with Crippen LogP contribution in [0.25, 0.3) is 0 Å². The lowest BCUT2D eigenvalue weighted by atomic mass is 9.94. The van der Waals surface area contributed by atoms with Crippen LogP contribution in [-0.4, -0.2) is 29.2 Å². The lowest BCUT2D eigenvalue weighted by Gasteiger charge is -2.36. The standard InChI is InChI=1S/C9H14O3/c1-3-9-4-5-11-8(2,12-9)6-7(9)10/h3,7,10H,1,4-6H2,2H3. The van der Waals surface area contributed by atoms with Crippen molar-refractivity contribution < 1.29 is 14.6 Å². The summed E-state index contributed by atoms with van der Waals surface area (Å²) in [5, 5.41) is 9.74. The maximum absolute atomic E-state index is 9.74. The maximum atomic E-state index is 9.74. The summed E-state index contributed by atoms with van der Waals surface area (Å²) in [6, 6.07) is 0. The van der Waals surface area contributed by atoms with Gasteiger partial charge in [0.25, 0.3) is 0 Å². The van der Waals surface area contributed by atoms with Crippen molar-refractivity contribution in [3.63, 3.8) is 0 Å². The number of fused-ring (bicyclic) bond motifs is 2. The predicted molar refractivity (Wildman–Crippen MR) is 43.6 cm³/mol. The summed E-state index contributed by atoms with van der Waals surface area (Å²) in [5.74, 6) is -0.591. The van der Waals surface area contributed by atoms with Crippen molar-refractivity contribution in [2.24, 2.45) is 0 Å². The normalized spacial score (nSPS) is 52.3. The molecule has 2 aliphatic heterocycles. The van der Waals surface area contributed by atoms with E-state index in [1.165, 1.54) is 0 Å². The minimum atomic E-state index is -0.591. The molecule has 2 fully saturated rings.